The first-order chi connectivity index (χ1) is 12.9. The van der Waals surface area contributed by atoms with Crippen LogP contribution in [-0.4, -0.2) is 18.4 Å². The quantitative estimate of drug-likeness (QED) is 0.589. The van der Waals surface area contributed by atoms with E-state index in [1.807, 2.05) is 49.4 Å². The molecule has 0 aliphatic heterocycles. The molecule has 0 unspecified atom stereocenters. The molecular formula is C21H22Br2N2O2. The maximum Gasteiger partial charge on any atom is 0.230 e. The predicted octanol–water partition coefficient (Wildman–Crippen LogP) is 5.09. The van der Waals surface area contributed by atoms with Crippen LogP contribution in [0.1, 0.15) is 36.8 Å². The van der Waals surface area contributed by atoms with Gasteiger partial charge in [-0.2, -0.15) is 0 Å². The van der Waals surface area contributed by atoms with Gasteiger partial charge in [-0.05, 0) is 55.2 Å². The molecule has 0 radical (unpaired) electrons. The molecule has 4 nitrogen and oxygen atoms in total. The number of nitrogens with one attached hydrogen (secondary N) is 2. The van der Waals surface area contributed by atoms with Crippen molar-refractivity contribution in [3.05, 3.63) is 62.5 Å². The van der Waals surface area contributed by atoms with E-state index in [-0.39, 0.29) is 18.2 Å². The smallest absolute Gasteiger partial charge is 0.230 e. The van der Waals surface area contributed by atoms with Crippen molar-refractivity contribution < 1.29 is 9.59 Å². The fraction of sp³-hybridized carbons (Fsp3) is 0.333. The van der Waals surface area contributed by atoms with Crippen molar-refractivity contribution in [1.29, 1.82) is 0 Å². The van der Waals surface area contributed by atoms with Gasteiger partial charge in [-0.15, -0.1) is 0 Å². The monoisotopic (exact) mass is 492 g/mol. The van der Waals surface area contributed by atoms with Crippen molar-refractivity contribution in [2.75, 3.05) is 11.9 Å². The summed E-state index contributed by atoms with van der Waals surface area (Å²) in [7, 11) is 0. The van der Waals surface area contributed by atoms with Crippen LogP contribution in [0.25, 0.3) is 0 Å². The zero-order valence-electron chi connectivity index (χ0n) is 15.1. The molecule has 0 spiro atoms. The van der Waals surface area contributed by atoms with Gasteiger partial charge in [0.15, 0.2) is 0 Å². The Morgan fingerprint density at radius 3 is 2.33 bits per heavy atom. The van der Waals surface area contributed by atoms with E-state index in [4.69, 9.17) is 0 Å². The third-order valence-corrected chi connectivity index (χ3v) is 6.17. The third kappa shape index (κ3) is 4.61. The number of hydrogen-bond acceptors (Lipinski definition) is 2. The van der Waals surface area contributed by atoms with E-state index in [1.54, 1.807) is 0 Å². The van der Waals surface area contributed by atoms with Gasteiger partial charge < -0.3 is 10.6 Å². The minimum absolute atomic E-state index is 0.0162. The van der Waals surface area contributed by atoms with Crippen molar-refractivity contribution in [2.24, 2.45) is 0 Å². The maximum absolute atomic E-state index is 12.8. The lowest BCUT2D eigenvalue weighted by atomic mass is 9.64. The number of anilines is 1. The van der Waals surface area contributed by atoms with Gasteiger partial charge in [-0.25, -0.2) is 0 Å². The number of amides is 2. The van der Waals surface area contributed by atoms with Crippen LogP contribution < -0.4 is 10.6 Å². The van der Waals surface area contributed by atoms with Gasteiger partial charge in [-0.1, -0.05) is 56.5 Å². The van der Waals surface area contributed by atoms with Gasteiger partial charge in [0.25, 0.3) is 0 Å². The van der Waals surface area contributed by atoms with Crippen molar-refractivity contribution >= 4 is 49.4 Å². The standard InChI is InChI=1S/C21H22Br2N2O2/c1-14-3-6-17(23)13-18(14)25-19(26)9-12-24-20(27)21(10-2-11-21)15-4-7-16(22)8-5-15/h3-8,13H,2,9-12H2,1H3,(H,24,27)(H,25,26). The first-order valence-electron chi connectivity index (χ1n) is 9.01. The van der Waals surface area contributed by atoms with E-state index >= 15 is 0 Å². The highest BCUT2D eigenvalue weighted by atomic mass is 79.9. The van der Waals surface area contributed by atoms with Gasteiger partial charge in [0.1, 0.15) is 0 Å². The van der Waals surface area contributed by atoms with Crippen molar-refractivity contribution in [3.8, 4) is 0 Å². The summed E-state index contributed by atoms with van der Waals surface area (Å²) in [6, 6.07) is 13.7. The summed E-state index contributed by atoms with van der Waals surface area (Å²) in [4.78, 5) is 25.0. The number of carbonyl (C=O) groups excluding carboxylic acids is 2. The summed E-state index contributed by atoms with van der Waals surface area (Å²) in [5.41, 5.74) is 2.38. The Bertz CT molecular complexity index is 846. The Labute approximate surface area is 176 Å². The maximum atomic E-state index is 12.8. The molecule has 0 atom stereocenters. The molecule has 2 aromatic rings. The molecule has 27 heavy (non-hydrogen) atoms. The zero-order chi connectivity index (χ0) is 19.4. The number of halogens is 2. The second-order valence-electron chi connectivity index (χ2n) is 6.96. The molecule has 1 aliphatic rings. The average molecular weight is 494 g/mol. The number of aryl methyl sites for hydroxylation is 1. The summed E-state index contributed by atoms with van der Waals surface area (Å²) in [6.45, 7) is 2.28. The third-order valence-electron chi connectivity index (χ3n) is 5.15. The van der Waals surface area contributed by atoms with Gasteiger partial charge in [-0.3, -0.25) is 9.59 Å². The number of hydrogen-bond donors (Lipinski definition) is 2. The molecule has 0 heterocycles. The van der Waals surface area contributed by atoms with E-state index in [0.29, 0.717) is 6.54 Å². The van der Waals surface area contributed by atoms with Crippen LogP contribution in [0.2, 0.25) is 0 Å². The molecule has 1 aliphatic carbocycles. The summed E-state index contributed by atoms with van der Waals surface area (Å²) in [6.07, 6.45) is 2.99. The number of carbonyl (C=O) groups is 2. The summed E-state index contributed by atoms with van der Waals surface area (Å²) in [5, 5.41) is 5.86. The molecule has 2 N–H and O–H groups in total. The lowest BCUT2D eigenvalue weighted by Gasteiger charge is -2.40. The first-order valence-corrected chi connectivity index (χ1v) is 10.6. The lowest BCUT2D eigenvalue weighted by Crippen LogP contribution is -2.49. The molecule has 3 rings (SSSR count). The molecule has 1 saturated carbocycles. The second-order valence-corrected chi connectivity index (χ2v) is 8.79. The first kappa shape index (κ1) is 20.1. The molecular weight excluding hydrogens is 472 g/mol. The lowest BCUT2D eigenvalue weighted by molar-refractivity contribution is -0.130. The SMILES string of the molecule is Cc1ccc(Br)cc1NC(=O)CCNC(=O)C1(c2ccc(Br)cc2)CCC1. The van der Waals surface area contributed by atoms with Crippen LogP contribution in [0.5, 0.6) is 0 Å². The Balaban J connectivity index is 1.55. The van der Waals surface area contributed by atoms with Crippen LogP contribution in [0.3, 0.4) is 0 Å². The molecule has 0 bridgehead atoms. The van der Waals surface area contributed by atoms with E-state index in [9.17, 15) is 9.59 Å². The summed E-state index contributed by atoms with van der Waals surface area (Å²) in [5.74, 6) is -0.0923. The Hall–Kier alpha value is -1.66. The highest BCUT2D eigenvalue weighted by Gasteiger charge is 2.45. The van der Waals surface area contributed by atoms with Crippen LogP contribution in [0.15, 0.2) is 51.4 Å². The van der Waals surface area contributed by atoms with Gasteiger partial charge in [0.2, 0.25) is 11.8 Å². The Morgan fingerprint density at radius 2 is 1.70 bits per heavy atom. The van der Waals surface area contributed by atoms with Gasteiger partial charge in [0, 0.05) is 27.6 Å². The minimum Gasteiger partial charge on any atom is -0.355 e. The van der Waals surface area contributed by atoms with E-state index in [0.717, 1.165) is 45.0 Å². The fourth-order valence-electron chi connectivity index (χ4n) is 3.35. The minimum atomic E-state index is -0.446. The van der Waals surface area contributed by atoms with Gasteiger partial charge >= 0.3 is 0 Å². The molecule has 142 valence electrons. The van der Waals surface area contributed by atoms with E-state index in [1.165, 1.54) is 0 Å². The van der Waals surface area contributed by atoms with Crippen LogP contribution in [0, 0.1) is 6.92 Å². The van der Waals surface area contributed by atoms with Gasteiger partial charge in [0.05, 0.1) is 5.41 Å². The van der Waals surface area contributed by atoms with Crippen molar-refractivity contribution in [1.82, 2.24) is 5.32 Å². The van der Waals surface area contributed by atoms with Crippen LogP contribution >= 0.6 is 31.9 Å². The Morgan fingerprint density at radius 1 is 1.04 bits per heavy atom. The van der Waals surface area contributed by atoms with Crippen molar-refractivity contribution in [3.63, 3.8) is 0 Å². The largest absolute Gasteiger partial charge is 0.355 e. The molecule has 2 aromatic carbocycles. The molecule has 0 aromatic heterocycles. The summed E-state index contributed by atoms with van der Waals surface area (Å²) < 4.78 is 1.92. The summed E-state index contributed by atoms with van der Waals surface area (Å²) >= 11 is 6.85. The average Bonchev–Trinajstić information content (AvgIpc) is 2.59. The molecule has 2 amide bonds. The molecule has 1 fully saturated rings. The van der Waals surface area contributed by atoms with E-state index < -0.39 is 5.41 Å². The normalized spacial score (nSPS) is 14.9. The highest BCUT2D eigenvalue weighted by Crippen LogP contribution is 2.44. The fourth-order valence-corrected chi connectivity index (χ4v) is 3.97. The zero-order valence-corrected chi connectivity index (χ0v) is 18.3. The second kappa shape index (κ2) is 8.57. The molecule has 0 saturated heterocycles. The van der Waals surface area contributed by atoms with Crippen molar-refractivity contribution in [2.45, 2.75) is 38.0 Å². The van der Waals surface area contributed by atoms with E-state index in [2.05, 4.69) is 42.5 Å². The molecule has 6 heteroatoms. The number of benzene rings is 2. The van der Waals surface area contributed by atoms with Crippen LogP contribution in [0.4, 0.5) is 5.69 Å². The Kier molecular flexibility index (Phi) is 6.37. The highest BCUT2D eigenvalue weighted by molar-refractivity contribution is 9.10. The van der Waals surface area contributed by atoms with Crippen LogP contribution in [-0.2, 0) is 15.0 Å². The number of rotatable bonds is 6. The topological polar surface area (TPSA) is 58.2 Å². The predicted molar refractivity (Wildman–Crippen MR) is 115 cm³/mol.